The lowest BCUT2D eigenvalue weighted by atomic mass is 10.1. The van der Waals surface area contributed by atoms with Gasteiger partial charge >= 0.3 is 0 Å². The highest BCUT2D eigenvalue weighted by Gasteiger charge is 2.12. The number of hydrogen-bond donors (Lipinski definition) is 1. The maximum absolute atomic E-state index is 12.2. The number of nitrogens with one attached hydrogen (secondary N) is 1. The molecule has 0 radical (unpaired) electrons. The van der Waals surface area contributed by atoms with Gasteiger partial charge in [0.25, 0.3) is 5.91 Å². The summed E-state index contributed by atoms with van der Waals surface area (Å²) < 4.78 is 5.85. The summed E-state index contributed by atoms with van der Waals surface area (Å²) >= 11 is 1.51. The first-order valence-corrected chi connectivity index (χ1v) is 12.1. The third-order valence-electron chi connectivity index (χ3n) is 5.06. The summed E-state index contributed by atoms with van der Waals surface area (Å²) in [5.74, 6) is 0.809. The van der Waals surface area contributed by atoms with Crippen LogP contribution in [0.25, 0.3) is 11.3 Å². The van der Waals surface area contributed by atoms with E-state index in [1.54, 1.807) is 26.5 Å². The van der Waals surface area contributed by atoms with E-state index in [9.17, 15) is 4.79 Å². The zero-order valence-electron chi connectivity index (χ0n) is 19.1. The lowest BCUT2D eigenvalue weighted by molar-refractivity contribution is 0.0827. The molecule has 2 heterocycles. The highest BCUT2D eigenvalue weighted by atomic mass is 32.1. The summed E-state index contributed by atoms with van der Waals surface area (Å²) in [5.41, 5.74) is 3.11. The number of amides is 1. The maximum atomic E-state index is 12.2. The van der Waals surface area contributed by atoms with Crippen LogP contribution in [-0.2, 0) is 0 Å². The van der Waals surface area contributed by atoms with Crippen LogP contribution in [0.5, 0.6) is 5.75 Å². The van der Waals surface area contributed by atoms with Gasteiger partial charge in [0.05, 0.1) is 17.9 Å². The molecule has 0 atom stereocenters. The predicted octanol–water partition coefficient (Wildman–Crippen LogP) is 6.39. The quantitative estimate of drug-likeness (QED) is 0.323. The van der Waals surface area contributed by atoms with Crippen LogP contribution >= 0.6 is 11.3 Å². The Morgan fingerprint density at radius 1 is 1.06 bits per heavy atom. The van der Waals surface area contributed by atoms with Crippen molar-refractivity contribution in [1.29, 1.82) is 0 Å². The van der Waals surface area contributed by atoms with Crippen LogP contribution in [-0.4, -0.2) is 41.5 Å². The first kappa shape index (κ1) is 23.7. The van der Waals surface area contributed by atoms with E-state index in [0.29, 0.717) is 5.56 Å². The molecule has 170 valence electrons. The molecule has 3 rings (SSSR count). The minimum absolute atomic E-state index is 0.0771. The van der Waals surface area contributed by atoms with Gasteiger partial charge in [-0.2, -0.15) is 0 Å². The SMILES string of the molecule is CCCCCCCCOc1ccc(Nc2nc(-c3cncc(C(=O)N(C)C)c3)cs2)cc1. The number of unbranched alkanes of at least 4 members (excludes halogenated alkanes) is 5. The number of anilines is 2. The molecule has 0 aliphatic rings. The molecular formula is C25H32N4O2S. The Morgan fingerprint density at radius 2 is 1.81 bits per heavy atom. The second-order valence-electron chi connectivity index (χ2n) is 7.97. The molecule has 0 aliphatic carbocycles. The van der Waals surface area contributed by atoms with E-state index in [0.717, 1.165) is 40.9 Å². The van der Waals surface area contributed by atoms with Crippen molar-refractivity contribution < 1.29 is 9.53 Å². The second kappa shape index (κ2) is 12.2. The molecule has 0 aliphatic heterocycles. The first-order chi connectivity index (χ1) is 15.6. The average molecular weight is 453 g/mol. The van der Waals surface area contributed by atoms with Crippen LogP contribution in [0.2, 0.25) is 0 Å². The fourth-order valence-electron chi connectivity index (χ4n) is 3.25. The molecule has 1 N–H and O–H groups in total. The number of carbonyl (C=O) groups excluding carboxylic acids is 1. The van der Waals surface area contributed by atoms with Crippen molar-refractivity contribution in [3.8, 4) is 17.0 Å². The lowest BCUT2D eigenvalue weighted by Crippen LogP contribution is -2.21. The number of aromatic nitrogens is 2. The van der Waals surface area contributed by atoms with Gasteiger partial charge in [-0.3, -0.25) is 9.78 Å². The molecule has 0 spiro atoms. The van der Waals surface area contributed by atoms with E-state index in [4.69, 9.17) is 4.74 Å². The third-order valence-corrected chi connectivity index (χ3v) is 5.82. The Hall–Kier alpha value is -2.93. The summed E-state index contributed by atoms with van der Waals surface area (Å²) in [6.07, 6.45) is 10.9. The highest BCUT2D eigenvalue weighted by Crippen LogP contribution is 2.28. The maximum Gasteiger partial charge on any atom is 0.254 e. The molecule has 7 heteroatoms. The van der Waals surface area contributed by atoms with Gasteiger partial charge in [0.2, 0.25) is 0 Å². The van der Waals surface area contributed by atoms with E-state index in [1.165, 1.54) is 48.3 Å². The number of pyridine rings is 1. The number of carbonyl (C=O) groups is 1. The number of thiazole rings is 1. The molecule has 1 aromatic carbocycles. The van der Waals surface area contributed by atoms with E-state index in [2.05, 4.69) is 22.2 Å². The van der Waals surface area contributed by atoms with Crippen LogP contribution in [0.15, 0.2) is 48.1 Å². The topological polar surface area (TPSA) is 67.3 Å². The smallest absolute Gasteiger partial charge is 0.254 e. The van der Waals surface area contributed by atoms with Gasteiger partial charge in [-0.25, -0.2) is 4.98 Å². The van der Waals surface area contributed by atoms with Crippen LogP contribution in [0.1, 0.15) is 55.8 Å². The van der Waals surface area contributed by atoms with Crippen LogP contribution < -0.4 is 10.1 Å². The van der Waals surface area contributed by atoms with Gasteiger partial charge in [-0.15, -0.1) is 11.3 Å². The molecule has 32 heavy (non-hydrogen) atoms. The average Bonchev–Trinajstić information content (AvgIpc) is 3.27. The van der Waals surface area contributed by atoms with Crippen molar-refractivity contribution in [1.82, 2.24) is 14.9 Å². The van der Waals surface area contributed by atoms with Crippen LogP contribution in [0.3, 0.4) is 0 Å². The van der Waals surface area contributed by atoms with Crippen molar-refractivity contribution >= 4 is 28.1 Å². The minimum atomic E-state index is -0.0771. The van der Waals surface area contributed by atoms with Gasteiger partial charge in [-0.05, 0) is 36.8 Å². The number of rotatable bonds is 12. The van der Waals surface area contributed by atoms with Crippen molar-refractivity contribution in [3.05, 3.63) is 53.7 Å². The van der Waals surface area contributed by atoms with Gasteiger partial charge in [0.15, 0.2) is 5.13 Å². The van der Waals surface area contributed by atoms with Crippen molar-refractivity contribution in [3.63, 3.8) is 0 Å². The summed E-state index contributed by atoms with van der Waals surface area (Å²) in [6.45, 7) is 3.00. The molecule has 1 amide bonds. The van der Waals surface area contributed by atoms with E-state index in [-0.39, 0.29) is 5.91 Å². The number of ether oxygens (including phenoxy) is 1. The van der Waals surface area contributed by atoms with Crippen LogP contribution in [0.4, 0.5) is 10.8 Å². The summed E-state index contributed by atoms with van der Waals surface area (Å²) in [6, 6.07) is 9.78. The predicted molar refractivity (Wildman–Crippen MR) is 132 cm³/mol. The molecular weight excluding hydrogens is 420 g/mol. The van der Waals surface area contributed by atoms with Crippen molar-refractivity contribution in [2.45, 2.75) is 45.4 Å². The second-order valence-corrected chi connectivity index (χ2v) is 8.82. The number of hydrogen-bond acceptors (Lipinski definition) is 6. The molecule has 0 unspecified atom stereocenters. The first-order valence-electron chi connectivity index (χ1n) is 11.2. The zero-order valence-corrected chi connectivity index (χ0v) is 20.0. The molecule has 3 aromatic rings. The van der Waals surface area contributed by atoms with E-state index < -0.39 is 0 Å². The molecule has 0 saturated carbocycles. The van der Waals surface area contributed by atoms with Gasteiger partial charge in [0.1, 0.15) is 5.75 Å². The normalized spacial score (nSPS) is 10.7. The highest BCUT2D eigenvalue weighted by molar-refractivity contribution is 7.14. The Morgan fingerprint density at radius 3 is 2.56 bits per heavy atom. The van der Waals surface area contributed by atoms with Crippen molar-refractivity contribution in [2.24, 2.45) is 0 Å². The molecule has 0 bridgehead atoms. The summed E-state index contributed by atoms with van der Waals surface area (Å²) in [4.78, 5) is 22.6. The van der Waals surface area contributed by atoms with Gasteiger partial charge in [-0.1, -0.05) is 39.0 Å². The van der Waals surface area contributed by atoms with Gasteiger partial charge < -0.3 is 15.0 Å². The third kappa shape index (κ3) is 7.05. The molecule has 0 fully saturated rings. The summed E-state index contributed by atoms with van der Waals surface area (Å²) in [5, 5.41) is 6.07. The largest absolute Gasteiger partial charge is 0.494 e. The van der Waals surface area contributed by atoms with E-state index in [1.807, 2.05) is 35.7 Å². The Kier molecular flexibility index (Phi) is 9.04. The number of nitrogens with zero attached hydrogens (tertiary/aromatic N) is 3. The summed E-state index contributed by atoms with van der Waals surface area (Å²) in [7, 11) is 3.45. The Balaban J connectivity index is 1.51. The van der Waals surface area contributed by atoms with Crippen LogP contribution in [0, 0.1) is 0 Å². The lowest BCUT2D eigenvalue weighted by Gasteiger charge is -2.10. The Bertz CT molecular complexity index is 986. The number of benzene rings is 1. The fourth-order valence-corrected chi connectivity index (χ4v) is 3.99. The molecule has 0 saturated heterocycles. The monoisotopic (exact) mass is 452 g/mol. The zero-order chi connectivity index (χ0) is 22.8. The molecule has 6 nitrogen and oxygen atoms in total. The fraction of sp³-hybridized carbons (Fsp3) is 0.400. The van der Waals surface area contributed by atoms with Crippen molar-refractivity contribution in [2.75, 3.05) is 26.0 Å². The Labute approximate surface area is 194 Å². The van der Waals surface area contributed by atoms with Gasteiger partial charge in [0, 0.05) is 43.1 Å². The molecule has 2 aromatic heterocycles. The van der Waals surface area contributed by atoms with E-state index >= 15 is 0 Å². The standard InChI is InChI=1S/C25H32N4O2S/c1-4-5-6-7-8-9-14-31-22-12-10-21(11-13-22)27-25-28-23(18-32-25)19-15-20(17-26-16-19)24(30)29(2)3/h10-13,15-18H,4-9,14H2,1-3H3,(H,27,28). The minimum Gasteiger partial charge on any atom is -0.494 e.